The minimum absolute atomic E-state index is 0.0803. The van der Waals surface area contributed by atoms with E-state index in [2.05, 4.69) is 5.32 Å². The van der Waals surface area contributed by atoms with Crippen LogP contribution in [0.3, 0.4) is 0 Å². The lowest BCUT2D eigenvalue weighted by atomic mass is 10.1. The van der Waals surface area contributed by atoms with E-state index in [1.807, 2.05) is 0 Å². The molecule has 0 aliphatic carbocycles. The van der Waals surface area contributed by atoms with Gasteiger partial charge in [-0.3, -0.25) is 9.59 Å². The number of amides is 2. The molecule has 0 aromatic heterocycles. The van der Waals surface area contributed by atoms with E-state index in [1.54, 1.807) is 24.3 Å². The van der Waals surface area contributed by atoms with Gasteiger partial charge in [-0.25, -0.2) is 12.7 Å². The number of carbonyl (C=O) groups excluding carboxylic acids is 2. The smallest absolute Gasteiger partial charge is 0.253 e. The van der Waals surface area contributed by atoms with Crippen LogP contribution in [0.25, 0.3) is 0 Å². The van der Waals surface area contributed by atoms with E-state index in [9.17, 15) is 18.0 Å². The van der Waals surface area contributed by atoms with E-state index in [-0.39, 0.29) is 35.0 Å². The first-order chi connectivity index (χ1) is 12.3. The summed E-state index contributed by atoms with van der Waals surface area (Å²) in [5.74, 6) is -1.25. The molecule has 9 heteroatoms. The Morgan fingerprint density at radius 2 is 1.81 bits per heavy atom. The van der Waals surface area contributed by atoms with Gasteiger partial charge in [0.15, 0.2) is 0 Å². The zero-order chi connectivity index (χ0) is 18.9. The minimum atomic E-state index is -3.71. The molecule has 1 aliphatic rings. The maximum absolute atomic E-state index is 12.4. The number of benzene rings is 2. The summed E-state index contributed by atoms with van der Waals surface area (Å²) in [6.45, 7) is 0.248. The van der Waals surface area contributed by atoms with Crippen LogP contribution >= 0.6 is 23.2 Å². The molecular formula is C17H14Cl2N2O4S. The van der Waals surface area contributed by atoms with Crippen LogP contribution in [0.15, 0.2) is 42.5 Å². The van der Waals surface area contributed by atoms with Crippen molar-refractivity contribution in [2.24, 2.45) is 0 Å². The number of sulfonamides is 1. The van der Waals surface area contributed by atoms with Gasteiger partial charge in [0.05, 0.1) is 22.0 Å². The fourth-order valence-corrected chi connectivity index (χ4v) is 4.34. The summed E-state index contributed by atoms with van der Waals surface area (Å²) in [5.41, 5.74) is 1.04. The molecule has 1 heterocycles. The molecule has 6 nitrogen and oxygen atoms in total. The van der Waals surface area contributed by atoms with Crippen LogP contribution in [0.5, 0.6) is 0 Å². The van der Waals surface area contributed by atoms with E-state index in [0.29, 0.717) is 5.02 Å². The molecule has 136 valence electrons. The van der Waals surface area contributed by atoms with E-state index in [0.717, 1.165) is 9.87 Å². The Morgan fingerprint density at radius 1 is 1.12 bits per heavy atom. The van der Waals surface area contributed by atoms with Crippen molar-refractivity contribution in [3.8, 4) is 0 Å². The van der Waals surface area contributed by atoms with Gasteiger partial charge in [-0.05, 0) is 35.9 Å². The zero-order valence-corrected chi connectivity index (χ0v) is 15.7. The zero-order valence-electron chi connectivity index (χ0n) is 13.4. The molecule has 1 aliphatic heterocycles. The summed E-state index contributed by atoms with van der Waals surface area (Å²) in [6, 6.07) is 11.1. The third kappa shape index (κ3) is 3.85. The minimum Gasteiger partial charge on any atom is -0.348 e. The monoisotopic (exact) mass is 412 g/mol. The Kier molecular flexibility index (Phi) is 5.22. The molecule has 2 amide bonds. The van der Waals surface area contributed by atoms with Gasteiger partial charge in [0.2, 0.25) is 15.9 Å². The van der Waals surface area contributed by atoms with Gasteiger partial charge in [0.1, 0.15) is 0 Å². The molecule has 0 spiro atoms. The second-order valence-corrected chi connectivity index (χ2v) is 8.48. The highest BCUT2D eigenvalue weighted by Gasteiger charge is 2.36. The number of rotatable bonds is 4. The molecule has 0 radical (unpaired) electrons. The quantitative estimate of drug-likeness (QED) is 0.836. The fourth-order valence-electron chi connectivity index (χ4n) is 2.56. The van der Waals surface area contributed by atoms with Crippen LogP contribution < -0.4 is 9.62 Å². The lowest BCUT2D eigenvalue weighted by Gasteiger charge is -2.16. The van der Waals surface area contributed by atoms with Gasteiger partial charge in [0, 0.05) is 18.0 Å². The second kappa shape index (κ2) is 7.26. The molecule has 0 bridgehead atoms. The van der Waals surface area contributed by atoms with Gasteiger partial charge >= 0.3 is 0 Å². The summed E-state index contributed by atoms with van der Waals surface area (Å²) >= 11 is 11.9. The molecule has 26 heavy (non-hydrogen) atoms. The molecule has 0 saturated carbocycles. The highest BCUT2D eigenvalue weighted by atomic mass is 35.5. The summed E-state index contributed by atoms with van der Waals surface area (Å²) in [6.07, 6.45) is -0.0803. The van der Waals surface area contributed by atoms with E-state index in [1.165, 1.54) is 18.2 Å². The van der Waals surface area contributed by atoms with Crippen molar-refractivity contribution in [2.75, 3.05) is 10.1 Å². The van der Waals surface area contributed by atoms with E-state index >= 15 is 0 Å². The first-order valence-corrected chi connectivity index (χ1v) is 10.0. The maximum atomic E-state index is 12.4. The maximum Gasteiger partial charge on any atom is 0.253 e. The molecule has 0 unspecified atom stereocenters. The second-order valence-electron chi connectivity index (χ2n) is 5.70. The predicted molar refractivity (Wildman–Crippen MR) is 100.0 cm³/mol. The lowest BCUT2D eigenvalue weighted by Crippen LogP contribution is -2.30. The van der Waals surface area contributed by atoms with Crippen LogP contribution in [0.2, 0.25) is 10.0 Å². The molecule has 2 aromatic carbocycles. The predicted octanol–water partition coefficient (Wildman–Crippen LogP) is 2.99. The number of carbonyl (C=O) groups is 2. The van der Waals surface area contributed by atoms with Gasteiger partial charge in [0.25, 0.3) is 5.91 Å². The Bertz CT molecular complexity index is 975. The van der Waals surface area contributed by atoms with Crippen molar-refractivity contribution in [1.29, 1.82) is 0 Å². The SMILES string of the molecule is O=C(NCc1ccc(Cl)cc1)c1cc(N2C(=O)CCS2(=O)=O)ccc1Cl. The summed E-state index contributed by atoms with van der Waals surface area (Å²) in [4.78, 5) is 24.3. The molecular weight excluding hydrogens is 399 g/mol. The number of nitrogens with zero attached hydrogens (tertiary/aromatic N) is 1. The first kappa shape index (κ1) is 18.7. The highest BCUT2D eigenvalue weighted by molar-refractivity contribution is 7.94. The number of hydrogen-bond acceptors (Lipinski definition) is 4. The Morgan fingerprint density at radius 3 is 2.42 bits per heavy atom. The number of halogens is 2. The normalized spacial score (nSPS) is 15.9. The number of nitrogens with one attached hydrogen (secondary N) is 1. The first-order valence-electron chi connectivity index (χ1n) is 7.66. The van der Waals surface area contributed by atoms with Crippen molar-refractivity contribution in [2.45, 2.75) is 13.0 Å². The van der Waals surface area contributed by atoms with E-state index < -0.39 is 21.8 Å². The molecule has 0 atom stereocenters. The van der Waals surface area contributed by atoms with E-state index in [4.69, 9.17) is 23.2 Å². The molecule has 3 rings (SSSR count). The number of anilines is 1. The van der Waals surface area contributed by atoms with Crippen LogP contribution in [0, 0.1) is 0 Å². The topological polar surface area (TPSA) is 83.6 Å². The average Bonchev–Trinajstić information content (AvgIpc) is 2.88. The van der Waals surface area contributed by atoms with Crippen molar-refractivity contribution in [3.63, 3.8) is 0 Å². The van der Waals surface area contributed by atoms with Gasteiger partial charge in [-0.2, -0.15) is 0 Å². The van der Waals surface area contributed by atoms with Crippen LogP contribution in [-0.4, -0.2) is 26.0 Å². The van der Waals surface area contributed by atoms with Crippen LogP contribution in [-0.2, 0) is 21.4 Å². The van der Waals surface area contributed by atoms with Gasteiger partial charge in [-0.1, -0.05) is 35.3 Å². The number of hydrogen-bond donors (Lipinski definition) is 1. The summed E-state index contributed by atoms with van der Waals surface area (Å²) < 4.78 is 24.8. The Hall–Kier alpha value is -2.09. The molecule has 1 fully saturated rings. The third-order valence-electron chi connectivity index (χ3n) is 3.87. The Balaban J connectivity index is 1.82. The highest BCUT2D eigenvalue weighted by Crippen LogP contribution is 2.29. The standard InChI is InChI=1S/C17H14Cl2N2O4S/c18-12-3-1-11(2-4-12)10-20-17(23)14-9-13(5-6-15(14)19)21-16(22)7-8-26(21,24)25/h1-6,9H,7-8,10H2,(H,20,23). The summed E-state index contributed by atoms with van der Waals surface area (Å²) in [7, 11) is -3.71. The molecule has 1 N–H and O–H groups in total. The molecule has 1 saturated heterocycles. The fraction of sp³-hybridized carbons (Fsp3) is 0.176. The van der Waals surface area contributed by atoms with Crippen LogP contribution in [0.4, 0.5) is 5.69 Å². The molecule has 2 aromatic rings. The largest absolute Gasteiger partial charge is 0.348 e. The average molecular weight is 413 g/mol. The van der Waals surface area contributed by atoms with Gasteiger partial charge < -0.3 is 5.32 Å². The van der Waals surface area contributed by atoms with Crippen molar-refractivity contribution in [3.05, 3.63) is 63.6 Å². The van der Waals surface area contributed by atoms with Crippen LogP contribution in [0.1, 0.15) is 22.3 Å². The lowest BCUT2D eigenvalue weighted by molar-refractivity contribution is -0.116. The Labute approximate surface area is 160 Å². The van der Waals surface area contributed by atoms with Gasteiger partial charge in [-0.15, -0.1) is 0 Å². The summed E-state index contributed by atoms with van der Waals surface area (Å²) in [5, 5.41) is 3.45. The van der Waals surface area contributed by atoms with Crippen molar-refractivity contribution in [1.82, 2.24) is 5.32 Å². The van der Waals surface area contributed by atoms with Crippen molar-refractivity contribution < 1.29 is 18.0 Å². The van der Waals surface area contributed by atoms with Crippen molar-refractivity contribution >= 4 is 50.7 Å². The third-order valence-corrected chi connectivity index (χ3v) is 6.15.